The van der Waals surface area contributed by atoms with E-state index in [1.807, 2.05) is 30.3 Å². The number of aliphatic hydroxyl groups is 1. The predicted molar refractivity (Wildman–Crippen MR) is 145 cm³/mol. The van der Waals surface area contributed by atoms with E-state index < -0.39 is 11.7 Å². The van der Waals surface area contributed by atoms with Crippen LogP contribution in [-0.2, 0) is 15.1 Å². The fraction of sp³-hybridized carbons (Fsp3) is 0.733. The molecule has 0 radical (unpaired) electrons. The van der Waals surface area contributed by atoms with E-state index in [1.165, 1.54) is 24.2 Å². The Hall–Kier alpha value is -2.12. The Labute approximate surface area is 223 Å². The number of likely N-dealkylation sites (N-methyl/N-ethyl adjacent to an activating group) is 1. The molecule has 37 heavy (non-hydrogen) atoms. The van der Waals surface area contributed by atoms with E-state index >= 15 is 0 Å². The Morgan fingerprint density at radius 1 is 1.08 bits per heavy atom. The number of nitrogens with zero attached hydrogens (tertiary/aromatic N) is 1. The number of methoxy groups -OCH3 is 1. The summed E-state index contributed by atoms with van der Waals surface area (Å²) in [7, 11) is 3.27. The van der Waals surface area contributed by atoms with Crippen LogP contribution < -0.4 is 5.32 Å². The van der Waals surface area contributed by atoms with Crippen LogP contribution in [0.4, 0.5) is 4.79 Å². The number of carbonyl (C=O) groups is 2. The number of carbonyl (C=O) groups excluding carboxylic acids is 1. The van der Waals surface area contributed by atoms with Crippen LogP contribution >= 0.6 is 0 Å². The van der Waals surface area contributed by atoms with Crippen LogP contribution in [0.1, 0.15) is 89.0 Å². The van der Waals surface area contributed by atoms with Gasteiger partial charge in [-0.25, -0.2) is 4.79 Å². The minimum Gasteiger partial charge on any atom is -0.465 e. The predicted octanol–water partition coefficient (Wildman–Crippen LogP) is 5.56. The van der Waals surface area contributed by atoms with Gasteiger partial charge < -0.3 is 25.2 Å². The Bertz CT molecular complexity index is 829. The topological polar surface area (TPSA) is 99.1 Å². The van der Waals surface area contributed by atoms with Crippen molar-refractivity contribution in [2.75, 3.05) is 27.3 Å². The molecular formula is C30H48N2O5. The molecule has 1 aromatic rings. The summed E-state index contributed by atoms with van der Waals surface area (Å²) in [6.07, 6.45) is 11.5. The van der Waals surface area contributed by atoms with Crippen molar-refractivity contribution in [1.82, 2.24) is 10.2 Å². The van der Waals surface area contributed by atoms with E-state index in [9.17, 15) is 19.8 Å². The van der Waals surface area contributed by atoms with Gasteiger partial charge in [-0.15, -0.1) is 0 Å². The second kappa shape index (κ2) is 14.7. The number of carboxylic acid groups (broad SMARTS) is 1. The summed E-state index contributed by atoms with van der Waals surface area (Å²) in [6.45, 7) is 0.981. The average molecular weight is 517 g/mol. The van der Waals surface area contributed by atoms with Crippen LogP contribution in [-0.4, -0.2) is 60.5 Å². The van der Waals surface area contributed by atoms with E-state index in [-0.39, 0.29) is 23.8 Å². The summed E-state index contributed by atoms with van der Waals surface area (Å²) in [4.78, 5) is 26.3. The SMILES string of the molecule is COCCCCC(O)(c1ccccc1)C1CCCC(C(=O)N[C@H](CC2CCCCC2)CN(C)C(=O)O)C1. The zero-order valence-electron chi connectivity index (χ0n) is 22.9. The first-order valence-corrected chi connectivity index (χ1v) is 14.3. The molecule has 2 aliphatic rings. The highest BCUT2D eigenvalue weighted by Gasteiger charge is 2.42. The molecule has 3 unspecified atom stereocenters. The maximum atomic E-state index is 13.5. The average Bonchev–Trinajstić information content (AvgIpc) is 2.92. The Kier molecular flexibility index (Phi) is 11.7. The van der Waals surface area contributed by atoms with Gasteiger partial charge in [0.25, 0.3) is 0 Å². The summed E-state index contributed by atoms with van der Waals surface area (Å²) in [6, 6.07) is 9.73. The van der Waals surface area contributed by atoms with Gasteiger partial charge in [-0.1, -0.05) is 68.9 Å². The van der Waals surface area contributed by atoms with Crippen LogP contribution in [0.2, 0.25) is 0 Å². The number of hydrogen-bond donors (Lipinski definition) is 3. The number of benzene rings is 1. The number of nitrogens with one attached hydrogen (secondary N) is 1. The first-order valence-electron chi connectivity index (χ1n) is 14.3. The van der Waals surface area contributed by atoms with Crippen LogP contribution in [0.15, 0.2) is 30.3 Å². The number of unbranched alkanes of at least 4 members (excludes halogenated alkanes) is 1. The zero-order valence-corrected chi connectivity index (χ0v) is 22.9. The van der Waals surface area contributed by atoms with Crippen LogP contribution in [0.3, 0.4) is 0 Å². The third-order valence-electron chi connectivity index (χ3n) is 8.66. The van der Waals surface area contributed by atoms with Crippen LogP contribution in [0.5, 0.6) is 0 Å². The van der Waals surface area contributed by atoms with Gasteiger partial charge in [0, 0.05) is 39.3 Å². The molecule has 208 valence electrons. The van der Waals surface area contributed by atoms with Gasteiger partial charge in [-0.2, -0.15) is 0 Å². The van der Waals surface area contributed by atoms with Gasteiger partial charge in [0.05, 0.1) is 5.60 Å². The molecule has 7 heteroatoms. The van der Waals surface area contributed by atoms with E-state index in [0.29, 0.717) is 31.9 Å². The van der Waals surface area contributed by atoms with Gasteiger partial charge in [0.15, 0.2) is 0 Å². The fourth-order valence-corrected chi connectivity index (χ4v) is 6.55. The number of rotatable bonds is 13. The third-order valence-corrected chi connectivity index (χ3v) is 8.66. The van der Waals surface area contributed by atoms with E-state index in [0.717, 1.165) is 56.9 Å². The summed E-state index contributed by atoms with van der Waals surface area (Å²) in [5.41, 5.74) is -0.0457. The number of ether oxygens (including phenoxy) is 1. The highest BCUT2D eigenvalue weighted by molar-refractivity contribution is 5.79. The van der Waals surface area contributed by atoms with Crippen molar-refractivity contribution in [2.24, 2.45) is 17.8 Å². The summed E-state index contributed by atoms with van der Waals surface area (Å²) >= 11 is 0. The van der Waals surface area contributed by atoms with Gasteiger partial charge in [0.1, 0.15) is 0 Å². The lowest BCUT2D eigenvalue weighted by Gasteiger charge is -2.41. The molecule has 4 atom stereocenters. The van der Waals surface area contributed by atoms with Crippen molar-refractivity contribution in [3.05, 3.63) is 35.9 Å². The molecule has 2 saturated carbocycles. The van der Waals surface area contributed by atoms with E-state index in [4.69, 9.17) is 4.74 Å². The van der Waals surface area contributed by atoms with Crippen LogP contribution in [0, 0.1) is 17.8 Å². The molecule has 0 bridgehead atoms. The molecule has 3 rings (SSSR count). The van der Waals surface area contributed by atoms with E-state index in [2.05, 4.69) is 5.32 Å². The quantitative estimate of drug-likeness (QED) is 0.298. The molecule has 0 heterocycles. The molecule has 0 spiro atoms. The largest absolute Gasteiger partial charge is 0.465 e. The van der Waals surface area contributed by atoms with Gasteiger partial charge in [-0.3, -0.25) is 4.79 Å². The van der Waals surface area contributed by atoms with Crippen molar-refractivity contribution in [2.45, 2.75) is 95.1 Å². The van der Waals surface area contributed by atoms with Gasteiger partial charge in [0.2, 0.25) is 5.91 Å². The first-order chi connectivity index (χ1) is 17.8. The Morgan fingerprint density at radius 3 is 2.49 bits per heavy atom. The molecular weight excluding hydrogens is 468 g/mol. The van der Waals surface area contributed by atoms with Crippen molar-refractivity contribution in [3.8, 4) is 0 Å². The zero-order chi connectivity index (χ0) is 26.7. The molecule has 0 aliphatic heterocycles. The van der Waals surface area contributed by atoms with E-state index in [1.54, 1.807) is 14.2 Å². The number of amides is 2. The summed E-state index contributed by atoms with van der Waals surface area (Å²) in [5, 5.41) is 24.7. The first kappa shape index (κ1) is 29.4. The maximum Gasteiger partial charge on any atom is 0.407 e. The molecule has 0 saturated heterocycles. The number of hydrogen-bond acceptors (Lipinski definition) is 4. The lowest BCUT2D eigenvalue weighted by atomic mass is 9.68. The highest BCUT2D eigenvalue weighted by atomic mass is 16.5. The lowest BCUT2D eigenvalue weighted by molar-refractivity contribution is -0.129. The highest BCUT2D eigenvalue weighted by Crippen LogP contribution is 2.44. The monoisotopic (exact) mass is 516 g/mol. The standard InChI is InChI=1S/C30H48N2O5/c1-32(29(34)35)22-27(20-23-12-5-3-6-13-23)31-28(33)24-14-11-17-26(21-24)30(36,18-9-10-19-37-2)25-15-7-4-8-16-25/h4,7-8,15-16,23-24,26-27,36H,3,5-6,9-14,17-22H2,1-2H3,(H,31,33)(H,34,35)/t24?,26?,27-,30?/m1/s1. The second-order valence-electron chi connectivity index (χ2n) is 11.4. The molecule has 7 nitrogen and oxygen atoms in total. The molecule has 2 aliphatic carbocycles. The molecule has 0 aromatic heterocycles. The van der Waals surface area contributed by atoms with Gasteiger partial charge >= 0.3 is 6.09 Å². The fourth-order valence-electron chi connectivity index (χ4n) is 6.55. The maximum absolute atomic E-state index is 13.5. The Morgan fingerprint density at radius 2 is 1.81 bits per heavy atom. The van der Waals surface area contributed by atoms with Crippen molar-refractivity contribution in [1.29, 1.82) is 0 Å². The lowest BCUT2D eigenvalue weighted by Crippen LogP contribution is -2.48. The molecule has 2 amide bonds. The summed E-state index contributed by atoms with van der Waals surface area (Å²) in [5.74, 6) is 0.382. The molecule has 1 aromatic carbocycles. The minimum atomic E-state index is -0.973. The van der Waals surface area contributed by atoms with Crippen molar-refractivity contribution < 1.29 is 24.5 Å². The normalized spacial score (nSPS) is 23.1. The van der Waals surface area contributed by atoms with Crippen LogP contribution in [0.25, 0.3) is 0 Å². The third kappa shape index (κ3) is 8.71. The second-order valence-corrected chi connectivity index (χ2v) is 11.4. The smallest absolute Gasteiger partial charge is 0.407 e. The molecule has 3 N–H and O–H groups in total. The van der Waals surface area contributed by atoms with Crippen molar-refractivity contribution in [3.63, 3.8) is 0 Å². The Balaban J connectivity index is 1.69. The van der Waals surface area contributed by atoms with Crippen molar-refractivity contribution >= 4 is 12.0 Å². The minimum absolute atomic E-state index is 0.000401. The van der Waals surface area contributed by atoms with Gasteiger partial charge in [-0.05, 0) is 62.3 Å². The summed E-state index contributed by atoms with van der Waals surface area (Å²) < 4.78 is 5.21. The molecule has 2 fully saturated rings.